The zero-order valence-electron chi connectivity index (χ0n) is 19.2. The first kappa shape index (κ1) is 22.1. The Bertz CT molecular complexity index is 988. The zero-order valence-corrected chi connectivity index (χ0v) is 19.2. The summed E-state index contributed by atoms with van der Waals surface area (Å²) in [5.74, 6) is 0.271. The third kappa shape index (κ3) is 3.80. The molecule has 0 saturated heterocycles. The second-order valence-electron chi connectivity index (χ2n) is 8.66. The number of hydrogen-bond acceptors (Lipinski definition) is 5. The van der Waals surface area contributed by atoms with Crippen molar-refractivity contribution in [3.05, 3.63) is 53.3 Å². The Morgan fingerprint density at radius 3 is 2.44 bits per heavy atom. The number of ether oxygens (including phenoxy) is 2. The normalized spacial score (nSPS) is 21.1. The zero-order chi connectivity index (χ0) is 22.8. The van der Waals surface area contributed by atoms with Crippen LogP contribution in [0.3, 0.4) is 0 Å². The molecule has 0 radical (unpaired) electrons. The largest absolute Gasteiger partial charge is 0.493 e. The monoisotopic (exact) mass is 437 g/mol. The lowest BCUT2D eigenvalue weighted by molar-refractivity contribution is -0.135. The highest BCUT2D eigenvalue weighted by Gasteiger charge is 2.45. The molecule has 0 spiro atoms. The number of fused-ring (bicyclic) bond motifs is 1. The molecule has 1 aliphatic heterocycles. The molecule has 7 nitrogen and oxygen atoms in total. The average molecular weight is 438 g/mol. The fourth-order valence-corrected chi connectivity index (χ4v) is 5.15. The van der Waals surface area contributed by atoms with E-state index in [2.05, 4.69) is 4.98 Å². The Morgan fingerprint density at radius 1 is 1.12 bits per heavy atom. The summed E-state index contributed by atoms with van der Waals surface area (Å²) in [6, 6.07) is 7.00. The van der Waals surface area contributed by atoms with E-state index in [0.29, 0.717) is 22.6 Å². The number of benzene rings is 1. The van der Waals surface area contributed by atoms with Gasteiger partial charge in [-0.3, -0.25) is 14.6 Å². The molecule has 2 unspecified atom stereocenters. The molecular formula is C25H31N3O4. The number of nitrogens with zero attached hydrogens (tertiary/aromatic N) is 3. The van der Waals surface area contributed by atoms with Crippen LogP contribution in [0.2, 0.25) is 0 Å². The Balaban J connectivity index is 1.86. The highest BCUT2D eigenvalue weighted by molar-refractivity contribution is 6.02. The minimum absolute atomic E-state index is 0.0126. The predicted molar refractivity (Wildman–Crippen MR) is 121 cm³/mol. The molecule has 2 aliphatic rings. The van der Waals surface area contributed by atoms with Crippen molar-refractivity contribution in [2.45, 2.75) is 50.1 Å². The lowest BCUT2D eigenvalue weighted by Crippen LogP contribution is -2.48. The van der Waals surface area contributed by atoms with Crippen molar-refractivity contribution >= 4 is 11.8 Å². The summed E-state index contributed by atoms with van der Waals surface area (Å²) in [4.78, 5) is 35.3. The van der Waals surface area contributed by atoms with Crippen molar-refractivity contribution < 1.29 is 19.1 Å². The lowest BCUT2D eigenvalue weighted by atomic mass is 9.78. The van der Waals surface area contributed by atoms with Gasteiger partial charge in [-0.05, 0) is 42.2 Å². The van der Waals surface area contributed by atoms with Crippen molar-refractivity contribution in [3.63, 3.8) is 0 Å². The number of amides is 2. The maximum Gasteiger partial charge on any atom is 0.254 e. The van der Waals surface area contributed by atoms with Gasteiger partial charge >= 0.3 is 0 Å². The molecule has 2 heterocycles. The molecular weight excluding hydrogens is 406 g/mol. The van der Waals surface area contributed by atoms with Crippen LogP contribution in [0, 0.1) is 0 Å². The molecule has 2 atom stereocenters. The summed E-state index contributed by atoms with van der Waals surface area (Å²) in [5.41, 5.74) is 1.98. The van der Waals surface area contributed by atoms with Crippen molar-refractivity contribution in [2.75, 3.05) is 28.3 Å². The van der Waals surface area contributed by atoms with E-state index in [9.17, 15) is 9.59 Å². The Kier molecular flexibility index (Phi) is 6.35. The van der Waals surface area contributed by atoms with Gasteiger partial charge in [0.15, 0.2) is 11.5 Å². The quantitative estimate of drug-likeness (QED) is 0.712. The highest BCUT2D eigenvalue weighted by atomic mass is 16.5. The second kappa shape index (κ2) is 9.18. The fourth-order valence-electron chi connectivity index (χ4n) is 5.15. The Morgan fingerprint density at radius 2 is 1.81 bits per heavy atom. The topological polar surface area (TPSA) is 72.0 Å². The van der Waals surface area contributed by atoms with Crippen LogP contribution in [-0.2, 0) is 4.79 Å². The average Bonchev–Trinajstić information content (AvgIpc) is 2.85. The standard InChI is InChI=1S/C25H31N3O4/c1-27(17-10-6-5-7-11-17)25(30)22-18-13-20(31-3)21(32-4)14-19(18)24(29)28(2)23(22)16-9-8-12-26-15-16/h8-9,12-15,17,22-23H,5-7,10-11H2,1-4H3. The van der Waals surface area contributed by atoms with Gasteiger partial charge in [0.1, 0.15) is 0 Å². The van der Waals surface area contributed by atoms with Gasteiger partial charge in [0.2, 0.25) is 5.91 Å². The van der Waals surface area contributed by atoms with E-state index in [1.165, 1.54) is 6.42 Å². The van der Waals surface area contributed by atoms with Gasteiger partial charge in [0.25, 0.3) is 5.91 Å². The molecule has 1 fully saturated rings. The first-order chi connectivity index (χ1) is 15.5. The SMILES string of the molecule is COc1cc2c(cc1OC)C(C(=O)N(C)C1CCCCC1)C(c1cccnc1)N(C)C2=O. The molecule has 1 aliphatic carbocycles. The van der Waals surface area contributed by atoms with Crippen LogP contribution in [-0.4, -0.2) is 61.0 Å². The van der Waals surface area contributed by atoms with Crippen LogP contribution in [0.5, 0.6) is 11.5 Å². The molecule has 2 aromatic rings. The van der Waals surface area contributed by atoms with E-state index in [4.69, 9.17) is 9.47 Å². The fraction of sp³-hybridized carbons (Fsp3) is 0.480. The van der Waals surface area contributed by atoms with Crippen LogP contribution in [0.15, 0.2) is 36.7 Å². The summed E-state index contributed by atoms with van der Waals surface area (Å²) in [7, 11) is 6.75. The van der Waals surface area contributed by atoms with Crippen molar-refractivity contribution in [1.82, 2.24) is 14.8 Å². The van der Waals surface area contributed by atoms with E-state index in [-0.39, 0.29) is 17.9 Å². The summed E-state index contributed by atoms with van der Waals surface area (Å²) in [6.45, 7) is 0. The second-order valence-corrected chi connectivity index (χ2v) is 8.66. The molecule has 7 heteroatoms. The predicted octanol–water partition coefficient (Wildman–Crippen LogP) is 3.80. The van der Waals surface area contributed by atoms with Crippen LogP contribution in [0.4, 0.5) is 0 Å². The first-order valence-electron chi connectivity index (χ1n) is 11.2. The van der Waals surface area contributed by atoms with Crippen LogP contribution < -0.4 is 9.47 Å². The molecule has 0 N–H and O–H groups in total. The highest BCUT2D eigenvalue weighted by Crippen LogP contribution is 2.46. The van der Waals surface area contributed by atoms with Crippen molar-refractivity contribution in [1.29, 1.82) is 0 Å². The molecule has 4 rings (SSSR count). The lowest BCUT2D eigenvalue weighted by Gasteiger charge is -2.42. The maximum absolute atomic E-state index is 14.0. The van der Waals surface area contributed by atoms with Crippen molar-refractivity contribution in [2.24, 2.45) is 0 Å². The van der Waals surface area contributed by atoms with Gasteiger partial charge in [0, 0.05) is 38.1 Å². The number of likely N-dealkylation sites (N-methyl/N-ethyl adjacent to an activating group) is 2. The van der Waals surface area contributed by atoms with Crippen LogP contribution >= 0.6 is 0 Å². The summed E-state index contributed by atoms with van der Waals surface area (Å²) in [6.07, 6.45) is 8.96. The van der Waals surface area contributed by atoms with Crippen LogP contribution in [0.1, 0.15) is 65.5 Å². The van der Waals surface area contributed by atoms with Gasteiger partial charge < -0.3 is 19.3 Å². The Labute approximate surface area is 189 Å². The number of rotatable bonds is 5. The number of pyridine rings is 1. The van der Waals surface area contributed by atoms with Gasteiger partial charge in [-0.2, -0.15) is 0 Å². The van der Waals surface area contributed by atoms with Crippen LogP contribution in [0.25, 0.3) is 0 Å². The summed E-state index contributed by atoms with van der Waals surface area (Å²) in [5, 5.41) is 0. The number of aromatic nitrogens is 1. The smallest absolute Gasteiger partial charge is 0.254 e. The Hall–Kier alpha value is -3.09. The minimum Gasteiger partial charge on any atom is -0.493 e. The summed E-state index contributed by atoms with van der Waals surface area (Å²) < 4.78 is 11.0. The van der Waals surface area contributed by atoms with Crippen molar-refractivity contribution in [3.8, 4) is 11.5 Å². The van der Waals surface area contributed by atoms with Gasteiger partial charge in [-0.25, -0.2) is 0 Å². The number of hydrogen-bond donors (Lipinski definition) is 0. The first-order valence-corrected chi connectivity index (χ1v) is 11.2. The molecule has 1 aromatic carbocycles. The van der Waals surface area contributed by atoms with E-state index in [1.807, 2.05) is 24.1 Å². The van der Waals surface area contributed by atoms with E-state index >= 15 is 0 Å². The number of carbonyl (C=O) groups is 2. The molecule has 32 heavy (non-hydrogen) atoms. The van der Waals surface area contributed by atoms with E-state index in [0.717, 1.165) is 31.2 Å². The maximum atomic E-state index is 14.0. The third-order valence-electron chi connectivity index (χ3n) is 6.94. The molecule has 2 amide bonds. The van der Waals surface area contributed by atoms with Gasteiger partial charge in [0.05, 0.1) is 26.2 Å². The molecule has 170 valence electrons. The molecule has 0 bridgehead atoms. The number of carbonyl (C=O) groups excluding carboxylic acids is 2. The molecule has 1 saturated carbocycles. The van der Waals surface area contributed by atoms with Gasteiger partial charge in [-0.15, -0.1) is 0 Å². The third-order valence-corrected chi connectivity index (χ3v) is 6.94. The van der Waals surface area contributed by atoms with E-state index < -0.39 is 12.0 Å². The van der Waals surface area contributed by atoms with E-state index in [1.54, 1.807) is 50.7 Å². The summed E-state index contributed by atoms with van der Waals surface area (Å²) >= 11 is 0. The number of methoxy groups -OCH3 is 2. The van der Waals surface area contributed by atoms with Gasteiger partial charge in [-0.1, -0.05) is 25.3 Å². The minimum atomic E-state index is -0.566. The molecule has 1 aromatic heterocycles.